The predicted molar refractivity (Wildman–Crippen MR) is 70.4 cm³/mol. The van der Waals surface area contributed by atoms with Crippen molar-refractivity contribution in [1.82, 2.24) is 4.90 Å². The molecule has 0 N–H and O–H groups in total. The highest BCUT2D eigenvalue weighted by Gasteiger charge is 2.66. The number of hydrogen-bond donors (Lipinski definition) is 0. The Morgan fingerprint density at radius 2 is 1.91 bits per heavy atom. The van der Waals surface area contributed by atoms with Crippen LogP contribution in [0.15, 0.2) is 11.1 Å². The van der Waals surface area contributed by atoms with Gasteiger partial charge in [0.05, 0.1) is 25.8 Å². The lowest BCUT2D eigenvalue weighted by Gasteiger charge is -2.44. The summed E-state index contributed by atoms with van der Waals surface area (Å²) in [6, 6.07) is -0.444. The van der Waals surface area contributed by atoms with Gasteiger partial charge in [-0.05, 0) is 12.8 Å². The lowest BCUT2D eigenvalue weighted by molar-refractivity contribution is -0.296. The SMILES string of the molecule is COC(=O)C1=C(C(=O)OC)C2(OC)OC1C(=O)C1CCCN12. The van der Waals surface area contributed by atoms with E-state index in [1.165, 1.54) is 21.3 Å². The fourth-order valence-corrected chi connectivity index (χ4v) is 3.51. The van der Waals surface area contributed by atoms with Crippen molar-refractivity contribution in [2.45, 2.75) is 30.9 Å². The van der Waals surface area contributed by atoms with E-state index in [1.54, 1.807) is 4.90 Å². The highest BCUT2D eigenvalue weighted by Crippen LogP contribution is 2.48. The number of nitrogens with zero attached hydrogens (tertiary/aromatic N) is 1. The largest absolute Gasteiger partial charge is 0.466 e. The molecule has 0 aromatic carbocycles. The van der Waals surface area contributed by atoms with Gasteiger partial charge in [0.15, 0.2) is 11.9 Å². The second-order valence-electron chi connectivity index (χ2n) is 5.31. The van der Waals surface area contributed by atoms with Gasteiger partial charge in [-0.1, -0.05) is 0 Å². The Balaban J connectivity index is 2.23. The Morgan fingerprint density at radius 1 is 1.23 bits per heavy atom. The molecule has 3 heterocycles. The van der Waals surface area contributed by atoms with E-state index >= 15 is 0 Å². The zero-order valence-electron chi connectivity index (χ0n) is 12.6. The van der Waals surface area contributed by atoms with E-state index < -0.39 is 30.0 Å². The van der Waals surface area contributed by atoms with E-state index in [0.717, 1.165) is 6.42 Å². The van der Waals surface area contributed by atoms with Crippen LogP contribution in [0.25, 0.3) is 0 Å². The first-order valence-electron chi connectivity index (χ1n) is 6.96. The minimum atomic E-state index is -1.57. The van der Waals surface area contributed by atoms with Gasteiger partial charge in [-0.3, -0.25) is 4.79 Å². The van der Waals surface area contributed by atoms with Crippen LogP contribution >= 0.6 is 0 Å². The fraction of sp³-hybridized carbons (Fsp3) is 0.643. The maximum Gasteiger partial charge on any atom is 0.341 e. The molecule has 2 fully saturated rings. The van der Waals surface area contributed by atoms with Crippen molar-refractivity contribution in [1.29, 1.82) is 0 Å². The van der Waals surface area contributed by atoms with Crippen molar-refractivity contribution in [3.8, 4) is 0 Å². The average Bonchev–Trinajstić information content (AvgIpc) is 3.14. The summed E-state index contributed by atoms with van der Waals surface area (Å²) in [5.74, 6) is -3.40. The molecule has 3 atom stereocenters. The van der Waals surface area contributed by atoms with Gasteiger partial charge >= 0.3 is 11.9 Å². The molecule has 8 nitrogen and oxygen atoms in total. The molecule has 8 heteroatoms. The third-order valence-electron chi connectivity index (χ3n) is 4.41. The quantitative estimate of drug-likeness (QED) is 0.637. The topological polar surface area (TPSA) is 91.4 Å². The molecular formula is C14H17NO7. The Labute approximate surface area is 126 Å². The number of methoxy groups -OCH3 is 3. The molecule has 0 aromatic heterocycles. The standard InChI is InChI=1S/C14H17NO7/c1-19-12(17)8-9(13(18)20-2)14(21-3)15-6-4-5-7(15)10(16)11(8)22-14/h7,11H,4-6H2,1-3H3. The first-order valence-corrected chi connectivity index (χ1v) is 6.96. The number of fused-ring (bicyclic) bond motifs is 4. The molecule has 3 aliphatic rings. The monoisotopic (exact) mass is 311 g/mol. The van der Waals surface area contributed by atoms with E-state index in [4.69, 9.17) is 18.9 Å². The molecule has 0 radical (unpaired) electrons. The van der Waals surface area contributed by atoms with Crippen molar-refractivity contribution < 1.29 is 33.3 Å². The second-order valence-corrected chi connectivity index (χ2v) is 5.31. The highest BCUT2D eigenvalue weighted by molar-refractivity contribution is 6.10. The third kappa shape index (κ3) is 1.71. The van der Waals surface area contributed by atoms with Crippen LogP contribution in [0.3, 0.4) is 0 Å². The molecule has 120 valence electrons. The minimum absolute atomic E-state index is 0.105. The second kappa shape index (κ2) is 5.15. The molecule has 0 amide bonds. The number of ketones is 1. The van der Waals surface area contributed by atoms with Crippen LogP contribution in [0.1, 0.15) is 12.8 Å². The van der Waals surface area contributed by atoms with E-state index in [0.29, 0.717) is 13.0 Å². The molecule has 3 aliphatic heterocycles. The van der Waals surface area contributed by atoms with E-state index in [9.17, 15) is 14.4 Å². The molecule has 0 spiro atoms. The van der Waals surface area contributed by atoms with Crippen molar-refractivity contribution in [2.75, 3.05) is 27.9 Å². The first kappa shape index (κ1) is 15.1. The lowest BCUT2D eigenvalue weighted by Crippen LogP contribution is -2.62. The average molecular weight is 311 g/mol. The van der Waals surface area contributed by atoms with Gasteiger partial charge in [0.25, 0.3) is 5.91 Å². The minimum Gasteiger partial charge on any atom is -0.466 e. The molecule has 0 saturated carbocycles. The van der Waals surface area contributed by atoms with Crippen molar-refractivity contribution in [2.24, 2.45) is 0 Å². The van der Waals surface area contributed by atoms with Crippen LogP contribution < -0.4 is 0 Å². The van der Waals surface area contributed by atoms with Crippen LogP contribution in [-0.2, 0) is 33.3 Å². The van der Waals surface area contributed by atoms with Gasteiger partial charge < -0.3 is 18.9 Å². The van der Waals surface area contributed by atoms with E-state index in [1.807, 2.05) is 0 Å². The Morgan fingerprint density at radius 3 is 2.50 bits per heavy atom. The summed E-state index contributed by atoms with van der Waals surface area (Å²) in [7, 11) is 3.74. The maximum absolute atomic E-state index is 12.6. The molecule has 0 aromatic rings. The Hall–Kier alpha value is -1.77. The molecular weight excluding hydrogens is 294 g/mol. The van der Waals surface area contributed by atoms with E-state index in [2.05, 4.69) is 0 Å². The summed E-state index contributed by atoms with van der Waals surface area (Å²) < 4.78 is 20.7. The molecule has 2 bridgehead atoms. The fourth-order valence-electron chi connectivity index (χ4n) is 3.51. The summed E-state index contributed by atoms with van der Waals surface area (Å²) in [4.78, 5) is 38.6. The van der Waals surface area contributed by atoms with Crippen LogP contribution in [0.5, 0.6) is 0 Å². The van der Waals surface area contributed by atoms with Crippen LogP contribution in [0, 0.1) is 0 Å². The van der Waals surface area contributed by atoms with Gasteiger partial charge in [0.2, 0.25) is 0 Å². The van der Waals surface area contributed by atoms with Crippen molar-refractivity contribution in [3.05, 3.63) is 11.1 Å². The normalized spacial score (nSPS) is 33.9. The molecule has 22 heavy (non-hydrogen) atoms. The number of Topliss-reactive ketones (excluding diaryl/α,β-unsaturated/α-hetero) is 1. The summed E-state index contributed by atoms with van der Waals surface area (Å²) in [6.07, 6.45) is 0.243. The van der Waals surface area contributed by atoms with Gasteiger partial charge in [0, 0.05) is 13.7 Å². The molecule has 3 rings (SSSR count). The van der Waals surface area contributed by atoms with Crippen LogP contribution in [-0.4, -0.2) is 68.6 Å². The predicted octanol–water partition coefficient (Wildman–Crippen LogP) is -0.625. The molecule has 3 unspecified atom stereocenters. The van der Waals surface area contributed by atoms with E-state index in [-0.39, 0.29) is 16.9 Å². The van der Waals surface area contributed by atoms with Gasteiger partial charge in [-0.2, -0.15) is 0 Å². The van der Waals surface area contributed by atoms with Crippen molar-refractivity contribution in [3.63, 3.8) is 0 Å². The van der Waals surface area contributed by atoms with Gasteiger partial charge in [-0.15, -0.1) is 0 Å². The van der Waals surface area contributed by atoms with Crippen LogP contribution in [0.2, 0.25) is 0 Å². The lowest BCUT2D eigenvalue weighted by atomic mass is 9.99. The summed E-state index contributed by atoms with van der Waals surface area (Å²) in [5.41, 5.74) is -0.234. The third-order valence-corrected chi connectivity index (χ3v) is 4.41. The number of esters is 2. The summed E-state index contributed by atoms with van der Waals surface area (Å²) in [6.45, 7) is 0.520. The number of rotatable bonds is 3. The van der Waals surface area contributed by atoms with Crippen molar-refractivity contribution >= 4 is 17.7 Å². The molecule has 0 aliphatic carbocycles. The van der Waals surface area contributed by atoms with Gasteiger partial charge in [-0.25, -0.2) is 14.5 Å². The number of ether oxygens (including phenoxy) is 4. The number of hydrogen-bond acceptors (Lipinski definition) is 8. The van der Waals surface area contributed by atoms with Gasteiger partial charge in [0.1, 0.15) is 5.57 Å². The smallest absolute Gasteiger partial charge is 0.341 e. The summed E-state index contributed by atoms with van der Waals surface area (Å²) >= 11 is 0. The maximum atomic E-state index is 12.6. The number of carbonyl (C=O) groups excluding carboxylic acids is 3. The Bertz CT molecular complexity index is 584. The Kier molecular flexibility index (Phi) is 3.54. The summed E-state index contributed by atoms with van der Waals surface area (Å²) in [5, 5.41) is 0. The highest BCUT2D eigenvalue weighted by atomic mass is 16.7. The zero-order valence-corrected chi connectivity index (χ0v) is 12.6. The molecule has 2 saturated heterocycles. The van der Waals surface area contributed by atoms with Crippen LogP contribution in [0.4, 0.5) is 0 Å². The number of carbonyl (C=O) groups is 3. The first-order chi connectivity index (χ1) is 10.5. The zero-order chi connectivity index (χ0) is 16.1.